The van der Waals surface area contributed by atoms with Crippen LogP contribution in [0.2, 0.25) is 0 Å². The summed E-state index contributed by atoms with van der Waals surface area (Å²) in [6.45, 7) is 2.37. The van der Waals surface area contributed by atoms with Crippen LogP contribution in [-0.2, 0) is 6.54 Å². The van der Waals surface area contributed by atoms with E-state index in [0.29, 0.717) is 40.2 Å². The molecule has 0 aliphatic carbocycles. The Morgan fingerprint density at radius 3 is 2.52 bits per heavy atom. The number of nitrogens with zero attached hydrogens (tertiary/aromatic N) is 6. The van der Waals surface area contributed by atoms with E-state index in [0.717, 1.165) is 61.2 Å². The molecule has 12 heteroatoms. The van der Waals surface area contributed by atoms with Crippen LogP contribution in [0.4, 0.5) is 10.2 Å². The molecule has 0 unspecified atom stereocenters. The number of amides is 1. The molecule has 0 saturated carbocycles. The Kier molecular flexibility index (Phi) is 8.30. The maximum atomic E-state index is 13.5. The fourth-order valence-corrected chi connectivity index (χ4v) is 6.01. The van der Waals surface area contributed by atoms with Crippen LogP contribution in [0.15, 0.2) is 91.4 Å². The first-order chi connectivity index (χ1) is 23.4. The van der Waals surface area contributed by atoms with E-state index in [-0.39, 0.29) is 23.3 Å². The van der Waals surface area contributed by atoms with Crippen LogP contribution in [0.25, 0.3) is 39.5 Å². The Bertz CT molecular complexity index is 2130. The van der Waals surface area contributed by atoms with Crippen molar-refractivity contribution in [1.29, 1.82) is 0 Å². The zero-order chi connectivity index (χ0) is 33.2. The summed E-state index contributed by atoms with van der Waals surface area (Å²) < 4.78 is 15.5. The molecule has 0 radical (unpaired) electrons. The lowest BCUT2D eigenvalue weighted by Crippen LogP contribution is -2.44. The van der Waals surface area contributed by atoms with Gasteiger partial charge in [0.2, 0.25) is 0 Å². The van der Waals surface area contributed by atoms with Crippen molar-refractivity contribution in [3.8, 4) is 34.1 Å². The van der Waals surface area contributed by atoms with Crippen molar-refractivity contribution in [1.82, 2.24) is 34.7 Å². The van der Waals surface area contributed by atoms with E-state index in [1.807, 2.05) is 34.9 Å². The maximum absolute atomic E-state index is 13.5. The van der Waals surface area contributed by atoms with Crippen LogP contribution >= 0.6 is 0 Å². The number of benzene rings is 2. The number of likely N-dealkylation sites (tertiary alicyclic amines) is 1. The molecule has 1 amide bonds. The second-order valence-electron chi connectivity index (χ2n) is 11.7. The highest BCUT2D eigenvalue weighted by Gasteiger charge is 2.22. The van der Waals surface area contributed by atoms with E-state index in [1.165, 1.54) is 24.3 Å². The molecule has 7 rings (SSSR count). The normalized spacial score (nSPS) is 13.9. The number of anilines is 1. The summed E-state index contributed by atoms with van der Waals surface area (Å²) >= 11 is 0. The minimum atomic E-state index is -0.428. The summed E-state index contributed by atoms with van der Waals surface area (Å²) in [5.74, 6) is -0.456. The first-order valence-corrected chi connectivity index (χ1v) is 15.5. The van der Waals surface area contributed by atoms with E-state index < -0.39 is 5.82 Å². The van der Waals surface area contributed by atoms with Gasteiger partial charge in [-0.2, -0.15) is 0 Å². The third kappa shape index (κ3) is 6.20. The van der Waals surface area contributed by atoms with Gasteiger partial charge in [-0.15, -0.1) is 0 Å². The first kappa shape index (κ1) is 30.6. The van der Waals surface area contributed by atoms with Crippen molar-refractivity contribution in [2.45, 2.75) is 25.4 Å². The van der Waals surface area contributed by atoms with Crippen LogP contribution in [0.3, 0.4) is 0 Å². The highest BCUT2D eigenvalue weighted by Crippen LogP contribution is 2.33. The maximum Gasteiger partial charge on any atom is 0.251 e. The lowest BCUT2D eigenvalue weighted by atomic mass is 10.0. The molecule has 5 heterocycles. The number of hydrogen-bond acceptors (Lipinski definition) is 9. The van der Waals surface area contributed by atoms with E-state index in [1.54, 1.807) is 18.5 Å². The fourth-order valence-electron chi connectivity index (χ4n) is 6.01. The number of hydrogen-bond donors (Lipinski definition) is 3. The number of carbonyl (C=O) groups excluding carboxylic acids is 2. The molecule has 11 nitrogen and oxygen atoms in total. The van der Waals surface area contributed by atoms with Gasteiger partial charge in [-0.25, -0.2) is 14.4 Å². The fraction of sp³-hybridized carbons (Fsp3) is 0.167. The molecular formula is C36H31FN8O3. The molecule has 48 heavy (non-hydrogen) atoms. The number of halogens is 1. The Morgan fingerprint density at radius 2 is 1.79 bits per heavy atom. The second kappa shape index (κ2) is 13.0. The topological polar surface area (TPSA) is 152 Å². The number of nitrogens with two attached hydrogens (primary N) is 1. The van der Waals surface area contributed by atoms with E-state index in [4.69, 9.17) is 10.7 Å². The Labute approximate surface area is 274 Å². The monoisotopic (exact) mass is 642 g/mol. The largest absolute Gasteiger partial charge is 0.507 e. The lowest BCUT2D eigenvalue weighted by molar-refractivity contribution is 0.0909. The van der Waals surface area contributed by atoms with Gasteiger partial charge in [0.1, 0.15) is 28.6 Å². The smallest absolute Gasteiger partial charge is 0.251 e. The molecule has 2 aromatic carbocycles. The van der Waals surface area contributed by atoms with Gasteiger partial charge in [-0.1, -0.05) is 12.1 Å². The predicted octanol–water partition coefficient (Wildman–Crippen LogP) is 5.18. The van der Waals surface area contributed by atoms with Gasteiger partial charge in [-0.05, 0) is 79.1 Å². The number of aldehydes is 1. The number of pyridine rings is 2. The zero-order valence-corrected chi connectivity index (χ0v) is 25.8. The van der Waals surface area contributed by atoms with Gasteiger partial charge in [0, 0.05) is 48.7 Å². The lowest BCUT2D eigenvalue weighted by Gasteiger charge is -2.32. The van der Waals surface area contributed by atoms with Crippen LogP contribution in [-0.4, -0.2) is 65.8 Å². The predicted molar refractivity (Wildman–Crippen MR) is 179 cm³/mol. The van der Waals surface area contributed by atoms with Crippen LogP contribution in [0.5, 0.6) is 5.75 Å². The zero-order valence-electron chi connectivity index (χ0n) is 25.8. The summed E-state index contributed by atoms with van der Waals surface area (Å²) in [6.07, 6.45) is 6.53. The van der Waals surface area contributed by atoms with Crippen molar-refractivity contribution in [2.75, 3.05) is 18.8 Å². The molecule has 6 aromatic rings. The molecule has 0 spiro atoms. The van der Waals surface area contributed by atoms with Crippen molar-refractivity contribution in [2.24, 2.45) is 0 Å². The standard InChI is InChI=1S/C36H31FN8O3/c37-25-6-9-29(40-18-25)31-19-41-30-17-32(28-2-1-13-39-34(28)38)45(35(30)43-31)27-7-3-22(4-8-27)20-44-14-11-26(12-15-44)42-36(48)23-5-10-33(47)24(16-23)21-46/h1-10,13,16-19,21,26,47H,11-12,14-15,20H2,(H2,38,39)(H,42,48). The number of aromatic hydroxyl groups is 1. The number of piperidine rings is 1. The highest BCUT2D eigenvalue weighted by molar-refractivity contribution is 5.96. The molecular weight excluding hydrogens is 611 g/mol. The van der Waals surface area contributed by atoms with Crippen LogP contribution in [0.1, 0.15) is 39.1 Å². The molecule has 1 aliphatic heterocycles. The number of rotatable bonds is 8. The molecule has 1 fully saturated rings. The average Bonchev–Trinajstić information content (AvgIpc) is 3.48. The third-order valence-corrected chi connectivity index (χ3v) is 8.55. The average molecular weight is 643 g/mol. The van der Waals surface area contributed by atoms with Gasteiger partial charge in [0.25, 0.3) is 5.91 Å². The summed E-state index contributed by atoms with van der Waals surface area (Å²) in [4.78, 5) is 44.3. The van der Waals surface area contributed by atoms with Gasteiger partial charge < -0.3 is 16.2 Å². The molecule has 0 atom stereocenters. The Balaban J connectivity index is 1.09. The Hall–Kier alpha value is -6.01. The number of phenols is 1. The minimum Gasteiger partial charge on any atom is -0.507 e. The van der Waals surface area contributed by atoms with Gasteiger partial charge in [-0.3, -0.25) is 29.0 Å². The highest BCUT2D eigenvalue weighted by atomic mass is 19.1. The summed E-state index contributed by atoms with van der Waals surface area (Å²) in [5, 5.41) is 12.8. The number of aromatic nitrogens is 5. The SMILES string of the molecule is Nc1ncccc1-c1cc2ncc(-c3ccc(F)cn3)nc2n1-c1ccc(CN2CCC(NC(=O)c3ccc(O)c(C=O)c3)CC2)cc1. The van der Waals surface area contributed by atoms with Gasteiger partial charge in [0.05, 0.1) is 29.3 Å². The number of fused-ring (bicyclic) bond motifs is 1. The third-order valence-electron chi connectivity index (χ3n) is 8.55. The number of nitrogen functional groups attached to an aromatic ring is 1. The Morgan fingerprint density at radius 1 is 0.979 bits per heavy atom. The van der Waals surface area contributed by atoms with Crippen LogP contribution in [0, 0.1) is 5.82 Å². The summed E-state index contributed by atoms with van der Waals surface area (Å²) in [5.41, 5.74) is 12.5. The summed E-state index contributed by atoms with van der Waals surface area (Å²) in [6, 6.07) is 21.1. The first-order valence-electron chi connectivity index (χ1n) is 15.5. The van der Waals surface area contributed by atoms with Gasteiger partial charge in [0.15, 0.2) is 11.9 Å². The molecule has 240 valence electrons. The van der Waals surface area contributed by atoms with Crippen molar-refractivity contribution >= 4 is 29.2 Å². The van der Waals surface area contributed by atoms with Crippen molar-refractivity contribution in [3.63, 3.8) is 0 Å². The van der Waals surface area contributed by atoms with E-state index >= 15 is 0 Å². The van der Waals surface area contributed by atoms with Crippen molar-refractivity contribution in [3.05, 3.63) is 114 Å². The molecule has 0 bridgehead atoms. The molecule has 1 aliphatic rings. The number of carbonyl (C=O) groups is 2. The number of nitrogens with one attached hydrogen (secondary N) is 1. The molecule has 1 saturated heterocycles. The minimum absolute atomic E-state index is 0.0149. The molecule has 4 N–H and O–H groups in total. The van der Waals surface area contributed by atoms with Crippen LogP contribution < -0.4 is 11.1 Å². The summed E-state index contributed by atoms with van der Waals surface area (Å²) in [7, 11) is 0. The second-order valence-corrected chi connectivity index (χ2v) is 11.7. The van der Waals surface area contributed by atoms with E-state index in [2.05, 4.69) is 37.3 Å². The number of phenolic OH excluding ortho intramolecular Hbond substituents is 1. The van der Waals surface area contributed by atoms with Gasteiger partial charge >= 0.3 is 0 Å². The van der Waals surface area contributed by atoms with Crippen molar-refractivity contribution < 1.29 is 19.1 Å². The molecule has 4 aromatic heterocycles. The van der Waals surface area contributed by atoms with E-state index in [9.17, 15) is 19.1 Å². The quantitative estimate of drug-likeness (QED) is 0.191.